The molecule has 0 bridgehead atoms. The minimum Gasteiger partial charge on any atom is -0.492 e. The minimum absolute atomic E-state index is 0.0973. The van der Waals surface area contributed by atoms with E-state index in [4.69, 9.17) is 21.7 Å². The van der Waals surface area contributed by atoms with Gasteiger partial charge in [0.25, 0.3) is 5.91 Å². The molecule has 2 aromatic rings. The van der Waals surface area contributed by atoms with Crippen LogP contribution in [0, 0.1) is 5.92 Å². The number of sulfonamides is 1. The molecule has 0 radical (unpaired) electrons. The molecule has 0 atom stereocenters. The summed E-state index contributed by atoms with van der Waals surface area (Å²) in [7, 11) is -3.57. The molecule has 1 aliphatic heterocycles. The summed E-state index contributed by atoms with van der Waals surface area (Å²) in [6.07, 6.45) is 0. The van der Waals surface area contributed by atoms with Gasteiger partial charge in [-0.3, -0.25) is 10.1 Å². The van der Waals surface area contributed by atoms with Gasteiger partial charge in [-0.25, -0.2) is 8.42 Å². The smallest absolute Gasteiger partial charge is 0.257 e. The Balaban J connectivity index is 1.58. The Bertz CT molecular complexity index is 1100. The number of nitrogens with one attached hydrogen (secondary N) is 2. The number of nitrogens with zero attached hydrogens (tertiary/aromatic N) is 1. The lowest BCUT2D eigenvalue weighted by Crippen LogP contribution is -2.40. The number of anilines is 1. The Kier molecular flexibility index (Phi) is 8.82. The van der Waals surface area contributed by atoms with Crippen molar-refractivity contribution in [3.63, 3.8) is 0 Å². The van der Waals surface area contributed by atoms with Crippen molar-refractivity contribution < 1.29 is 22.7 Å². The number of morpholine rings is 1. The lowest BCUT2D eigenvalue weighted by Gasteiger charge is -2.26. The molecule has 1 heterocycles. The first-order valence-corrected chi connectivity index (χ1v) is 13.0. The maximum absolute atomic E-state index is 12.7. The Morgan fingerprint density at radius 1 is 1.18 bits per heavy atom. The van der Waals surface area contributed by atoms with Gasteiger partial charge >= 0.3 is 0 Å². The molecule has 0 spiro atoms. The van der Waals surface area contributed by atoms with Gasteiger partial charge < -0.3 is 14.8 Å². The van der Waals surface area contributed by atoms with Crippen LogP contribution in [-0.4, -0.2) is 56.7 Å². The SMILES string of the molecule is CC(C)COc1ccc(C(=O)NC(=S)Nc2ccc(S(=O)(=O)N3CCOCC3)cc2)cc1Br. The van der Waals surface area contributed by atoms with Crippen molar-refractivity contribution in [1.29, 1.82) is 0 Å². The average Bonchev–Trinajstić information content (AvgIpc) is 2.79. The summed E-state index contributed by atoms with van der Waals surface area (Å²) in [4.78, 5) is 12.7. The number of rotatable bonds is 7. The van der Waals surface area contributed by atoms with E-state index in [0.29, 0.717) is 60.3 Å². The second kappa shape index (κ2) is 11.4. The van der Waals surface area contributed by atoms with Crippen molar-refractivity contribution in [2.75, 3.05) is 38.2 Å². The zero-order valence-electron chi connectivity index (χ0n) is 18.3. The van der Waals surface area contributed by atoms with E-state index in [2.05, 4.69) is 40.4 Å². The normalized spacial score (nSPS) is 14.7. The second-order valence-corrected chi connectivity index (χ2v) is 11.0. The van der Waals surface area contributed by atoms with E-state index in [1.165, 1.54) is 16.4 Å². The van der Waals surface area contributed by atoms with Gasteiger partial charge in [0, 0.05) is 24.3 Å². The van der Waals surface area contributed by atoms with Crippen LogP contribution in [0.4, 0.5) is 5.69 Å². The van der Waals surface area contributed by atoms with E-state index in [-0.39, 0.29) is 15.9 Å². The lowest BCUT2D eigenvalue weighted by atomic mass is 10.2. The molecule has 178 valence electrons. The fourth-order valence-corrected chi connectivity index (χ4v) is 5.11. The second-order valence-electron chi connectivity index (χ2n) is 7.80. The van der Waals surface area contributed by atoms with Gasteiger partial charge in [-0.05, 0) is 76.5 Å². The van der Waals surface area contributed by atoms with Gasteiger partial charge in [-0.15, -0.1) is 0 Å². The van der Waals surface area contributed by atoms with Crippen LogP contribution in [0.3, 0.4) is 0 Å². The predicted molar refractivity (Wildman–Crippen MR) is 134 cm³/mol. The van der Waals surface area contributed by atoms with E-state index < -0.39 is 10.0 Å². The van der Waals surface area contributed by atoms with Crippen molar-refractivity contribution in [3.8, 4) is 5.75 Å². The van der Waals surface area contributed by atoms with Crippen LogP contribution in [0.2, 0.25) is 0 Å². The van der Waals surface area contributed by atoms with Crippen molar-refractivity contribution in [2.45, 2.75) is 18.7 Å². The van der Waals surface area contributed by atoms with E-state index in [1.54, 1.807) is 30.3 Å². The van der Waals surface area contributed by atoms with E-state index >= 15 is 0 Å². The largest absolute Gasteiger partial charge is 0.492 e. The zero-order chi connectivity index (χ0) is 24.0. The highest BCUT2D eigenvalue weighted by molar-refractivity contribution is 9.10. The van der Waals surface area contributed by atoms with Crippen LogP contribution < -0.4 is 15.4 Å². The summed E-state index contributed by atoms with van der Waals surface area (Å²) in [5.41, 5.74) is 0.967. The Morgan fingerprint density at radius 2 is 1.85 bits per heavy atom. The van der Waals surface area contributed by atoms with Gasteiger partial charge in [0.1, 0.15) is 5.75 Å². The van der Waals surface area contributed by atoms with Crippen molar-refractivity contribution >= 4 is 54.9 Å². The average molecular weight is 557 g/mol. The maximum atomic E-state index is 12.7. The summed E-state index contributed by atoms with van der Waals surface area (Å²) in [6, 6.07) is 11.3. The first kappa shape index (κ1) is 25.6. The van der Waals surface area contributed by atoms with Gasteiger partial charge in [-0.1, -0.05) is 13.8 Å². The molecule has 3 rings (SSSR count). The summed E-state index contributed by atoms with van der Waals surface area (Å²) in [5, 5.41) is 5.61. The maximum Gasteiger partial charge on any atom is 0.257 e. The van der Waals surface area contributed by atoms with E-state index in [1.807, 2.05) is 0 Å². The molecule has 33 heavy (non-hydrogen) atoms. The summed E-state index contributed by atoms with van der Waals surface area (Å²) in [5.74, 6) is 0.667. The highest BCUT2D eigenvalue weighted by atomic mass is 79.9. The third-order valence-corrected chi connectivity index (χ3v) is 7.45. The van der Waals surface area contributed by atoms with Crippen LogP contribution in [-0.2, 0) is 14.8 Å². The first-order chi connectivity index (χ1) is 15.7. The first-order valence-electron chi connectivity index (χ1n) is 10.4. The van der Waals surface area contributed by atoms with Crippen LogP contribution in [0.15, 0.2) is 51.8 Å². The number of halogens is 1. The summed E-state index contributed by atoms with van der Waals surface area (Å²) in [6.45, 7) is 6.12. The molecule has 8 nitrogen and oxygen atoms in total. The Hall–Kier alpha value is -2.05. The van der Waals surface area contributed by atoms with Crippen molar-refractivity contribution in [3.05, 3.63) is 52.5 Å². The monoisotopic (exact) mass is 555 g/mol. The minimum atomic E-state index is -3.57. The topological polar surface area (TPSA) is 97.0 Å². The van der Waals surface area contributed by atoms with Crippen LogP contribution in [0.1, 0.15) is 24.2 Å². The molecule has 0 saturated carbocycles. The molecule has 0 aliphatic carbocycles. The quantitative estimate of drug-likeness (QED) is 0.503. The number of ether oxygens (including phenoxy) is 2. The summed E-state index contributed by atoms with van der Waals surface area (Å²) < 4.78 is 38.4. The summed E-state index contributed by atoms with van der Waals surface area (Å²) >= 11 is 8.65. The van der Waals surface area contributed by atoms with Crippen LogP contribution in [0.5, 0.6) is 5.75 Å². The van der Waals surface area contributed by atoms with Gasteiger partial charge in [0.05, 0.1) is 29.2 Å². The van der Waals surface area contributed by atoms with Crippen molar-refractivity contribution in [2.24, 2.45) is 5.92 Å². The number of amides is 1. The zero-order valence-corrected chi connectivity index (χ0v) is 21.6. The predicted octanol–water partition coefficient (Wildman–Crippen LogP) is 3.63. The lowest BCUT2D eigenvalue weighted by molar-refractivity contribution is 0.0730. The fraction of sp³-hybridized carbons (Fsp3) is 0.364. The number of benzene rings is 2. The Morgan fingerprint density at radius 3 is 2.45 bits per heavy atom. The molecule has 1 aliphatic rings. The third-order valence-electron chi connectivity index (χ3n) is 4.71. The van der Waals surface area contributed by atoms with E-state index in [0.717, 1.165) is 0 Å². The van der Waals surface area contributed by atoms with Gasteiger partial charge in [0.15, 0.2) is 5.11 Å². The Labute approximate surface area is 207 Å². The molecule has 1 saturated heterocycles. The van der Waals surface area contributed by atoms with Crippen molar-refractivity contribution in [1.82, 2.24) is 9.62 Å². The number of thiocarbonyl (C=S) groups is 1. The molecule has 1 fully saturated rings. The highest BCUT2D eigenvalue weighted by Crippen LogP contribution is 2.26. The van der Waals surface area contributed by atoms with E-state index in [9.17, 15) is 13.2 Å². The number of hydrogen-bond acceptors (Lipinski definition) is 6. The molecular formula is C22H26BrN3O5S2. The van der Waals surface area contributed by atoms with Gasteiger partial charge in [-0.2, -0.15) is 4.31 Å². The molecule has 2 N–H and O–H groups in total. The molecule has 1 amide bonds. The third kappa shape index (κ3) is 6.97. The molecule has 0 aromatic heterocycles. The highest BCUT2D eigenvalue weighted by Gasteiger charge is 2.26. The fourth-order valence-electron chi connectivity index (χ4n) is 3.00. The number of carbonyl (C=O) groups is 1. The molecule has 2 aromatic carbocycles. The standard InChI is InChI=1S/C22H26BrN3O5S2/c1-15(2)14-31-20-8-3-16(13-19(20)23)21(27)25-22(32)24-17-4-6-18(7-5-17)33(28,29)26-9-11-30-12-10-26/h3-8,13,15H,9-12,14H2,1-2H3,(H2,24,25,27,32). The molecule has 11 heteroatoms. The van der Waals surface area contributed by atoms with Gasteiger partial charge in [0.2, 0.25) is 10.0 Å². The molecule has 0 unspecified atom stereocenters. The van der Waals surface area contributed by atoms with Crippen LogP contribution in [0.25, 0.3) is 0 Å². The van der Waals surface area contributed by atoms with Crippen LogP contribution >= 0.6 is 28.1 Å². The number of hydrogen-bond donors (Lipinski definition) is 2. The molecular weight excluding hydrogens is 530 g/mol. The number of carbonyl (C=O) groups excluding carboxylic acids is 1.